The van der Waals surface area contributed by atoms with Crippen molar-refractivity contribution in [2.45, 2.75) is 29.3 Å². The molecule has 0 aliphatic rings. The Hall–Kier alpha value is -2.78. The summed E-state index contributed by atoms with van der Waals surface area (Å²) in [5.41, 5.74) is 1.36. The SMILES string of the molecule is C=CCn1c(CS(=O)(=O)c2ccc(C)cc2)nnc1SCC(=O)c1ccc(F)cc1. The van der Waals surface area contributed by atoms with E-state index in [9.17, 15) is 17.6 Å². The Balaban J connectivity index is 1.77. The summed E-state index contributed by atoms with van der Waals surface area (Å²) in [4.78, 5) is 12.5. The highest BCUT2D eigenvalue weighted by atomic mass is 32.2. The van der Waals surface area contributed by atoms with Crippen molar-refractivity contribution in [3.8, 4) is 0 Å². The average Bonchev–Trinajstić information content (AvgIpc) is 3.08. The van der Waals surface area contributed by atoms with E-state index in [1.54, 1.807) is 34.9 Å². The molecular weight excluding hydrogens is 425 g/mol. The van der Waals surface area contributed by atoms with Gasteiger partial charge in [-0.2, -0.15) is 0 Å². The van der Waals surface area contributed by atoms with Gasteiger partial charge in [-0.25, -0.2) is 12.8 Å². The molecule has 0 spiro atoms. The fourth-order valence-electron chi connectivity index (χ4n) is 2.69. The van der Waals surface area contributed by atoms with Crippen molar-refractivity contribution in [3.63, 3.8) is 0 Å². The number of thioether (sulfide) groups is 1. The van der Waals surface area contributed by atoms with E-state index >= 15 is 0 Å². The molecular formula is C21H20FN3O3S2. The highest BCUT2D eigenvalue weighted by molar-refractivity contribution is 7.99. The predicted octanol–water partition coefficient (Wildman–Crippen LogP) is 3.86. The molecule has 1 heterocycles. The number of aryl methyl sites for hydroxylation is 1. The van der Waals surface area contributed by atoms with Crippen molar-refractivity contribution in [2.75, 3.05) is 5.75 Å². The van der Waals surface area contributed by atoms with Crippen LogP contribution in [-0.2, 0) is 22.1 Å². The third-order valence-electron chi connectivity index (χ3n) is 4.30. The van der Waals surface area contributed by atoms with Gasteiger partial charge in [0.05, 0.1) is 10.6 Å². The lowest BCUT2D eigenvalue weighted by atomic mass is 10.1. The Kier molecular flexibility index (Phi) is 6.84. The molecule has 1 aromatic heterocycles. The number of rotatable bonds is 9. The molecule has 9 heteroatoms. The van der Waals surface area contributed by atoms with Crippen LogP contribution in [0.4, 0.5) is 4.39 Å². The maximum atomic E-state index is 13.0. The predicted molar refractivity (Wildman–Crippen MR) is 114 cm³/mol. The summed E-state index contributed by atoms with van der Waals surface area (Å²) in [5.74, 6) is -0.590. The van der Waals surface area contributed by atoms with Gasteiger partial charge in [0.1, 0.15) is 17.4 Å². The zero-order valence-corrected chi connectivity index (χ0v) is 17.9. The third-order valence-corrected chi connectivity index (χ3v) is 6.90. The van der Waals surface area contributed by atoms with Crippen LogP contribution in [-0.4, -0.2) is 34.7 Å². The van der Waals surface area contributed by atoms with E-state index < -0.39 is 15.7 Å². The van der Waals surface area contributed by atoms with Crippen LogP contribution in [0.3, 0.4) is 0 Å². The Bertz CT molecular complexity index is 1160. The molecule has 3 rings (SSSR count). The largest absolute Gasteiger partial charge is 0.301 e. The molecule has 0 atom stereocenters. The molecule has 0 amide bonds. The van der Waals surface area contributed by atoms with Crippen molar-refractivity contribution >= 4 is 27.4 Å². The number of carbonyl (C=O) groups is 1. The standard InChI is InChI=1S/C21H20FN3O3S2/c1-3-12-25-20(14-30(27,28)18-10-4-15(2)5-11-18)23-24-21(25)29-13-19(26)16-6-8-17(22)9-7-16/h3-11H,1,12-14H2,2H3. The number of carbonyl (C=O) groups excluding carboxylic acids is 1. The molecule has 0 aliphatic heterocycles. The van der Waals surface area contributed by atoms with E-state index in [4.69, 9.17) is 0 Å². The number of halogens is 1. The molecule has 0 saturated heterocycles. The number of nitrogens with zero attached hydrogens (tertiary/aromatic N) is 3. The molecule has 0 bridgehead atoms. The van der Waals surface area contributed by atoms with Gasteiger partial charge in [-0.15, -0.1) is 16.8 Å². The van der Waals surface area contributed by atoms with Gasteiger partial charge < -0.3 is 4.57 Å². The zero-order chi connectivity index (χ0) is 21.7. The van der Waals surface area contributed by atoms with Gasteiger partial charge in [-0.1, -0.05) is 35.5 Å². The zero-order valence-electron chi connectivity index (χ0n) is 16.3. The van der Waals surface area contributed by atoms with Crippen molar-refractivity contribution in [1.82, 2.24) is 14.8 Å². The van der Waals surface area contributed by atoms with Gasteiger partial charge in [0.25, 0.3) is 0 Å². The second-order valence-electron chi connectivity index (χ2n) is 6.59. The summed E-state index contributed by atoms with van der Waals surface area (Å²) >= 11 is 1.14. The van der Waals surface area contributed by atoms with Gasteiger partial charge in [-0.3, -0.25) is 4.79 Å². The third kappa shape index (κ3) is 5.22. The fourth-order valence-corrected chi connectivity index (χ4v) is 4.83. The van der Waals surface area contributed by atoms with Gasteiger partial charge in [0.2, 0.25) is 0 Å². The molecule has 0 N–H and O–H groups in total. The molecule has 0 unspecified atom stereocenters. The highest BCUT2D eigenvalue weighted by Crippen LogP contribution is 2.22. The lowest BCUT2D eigenvalue weighted by Gasteiger charge is -2.08. The average molecular weight is 446 g/mol. The van der Waals surface area contributed by atoms with Crippen molar-refractivity contribution in [2.24, 2.45) is 0 Å². The van der Waals surface area contributed by atoms with Crippen molar-refractivity contribution < 1.29 is 17.6 Å². The maximum Gasteiger partial charge on any atom is 0.191 e. The number of benzene rings is 2. The minimum atomic E-state index is -3.61. The summed E-state index contributed by atoms with van der Waals surface area (Å²) in [6.07, 6.45) is 1.61. The first kappa shape index (κ1) is 21.9. The van der Waals surface area contributed by atoms with Crippen LogP contribution in [0.5, 0.6) is 0 Å². The van der Waals surface area contributed by atoms with Crippen LogP contribution < -0.4 is 0 Å². The number of hydrogen-bond acceptors (Lipinski definition) is 6. The Labute approximate surface area is 178 Å². The molecule has 0 radical (unpaired) electrons. The number of aromatic nitrogens is 3. The van der Waals surface area contributed by atoms with Crippen LogP contribution in [0.2, 0.25) is 0 Å². The smallest absolute Gasteiger partial charge is 0.191 e. The summed E-state index contributed by atoms with van der Waals surface area (Å²) in [7, 11) is -3.61. The highest BCUT2D eigenvalue weighted by Gasteiger charge is 2.22. The number of ketones is 1. The molecule has 0 aliphatic carbocycles. The van der Waals surface area contributed by atoms with E-state index in [-0.39, 0.29) is 28.0 Å². The van der Waals surface area contributed by atoms with Crippen LogP contribution >= 0.6 is 11.8 Å². The number of Topliss-reactive ketones (excluding diaryl/α,β-unsaturated/α-hetero) is 1. The molecule has 2 aromatic carbocycles. The topological polar surface area (TPSA) is 81.9 Å². The molecule has 30 heavy (non-hydrogen) atoms. The van der Waals surface area contributed by atoms with Gasteiger partial charge >= 0.3 is 0 Å². The first-order valence-corrected chi connectivity index (χ1v) is 11.7. The lowest BCUT2D eigenvalue weighted by Crippen LogP contribution is -2.12. The normalized spacial score (nSPS) is 11.4. The lowest BCUT2D eigenvalue weighted by molar-refractivity contribution is 0.102. The van der Waals surface area contributed by atoms with Gasteiger partial charge in [-0.05, 0) is 43.3 Å². The van der Waals surface area contributed by atoms with E-state index in [1.807, 2.05) is 6.92 Å². The molecule has 3 aromatic rings. The van der Waals surface area contributed by atoms with Crippen LogP contribution in [0.15, 0.2) is 71.2 Å². The quantitative estimate of drug-likeness (QED) is 0.283. The van der Waals surface area contributed by atoms with Gasteiger partial charge in [0.15, 0.2) is 20.8 Å². The molecule has 0 saturated carbocycles. The summed E-state index contributed by atoms with van der Waals surface area (Å²) in [6, 6.07) is 11.9. The van der Waals surface area contributed by atoms with Crippen LogP contribution in [0, 0.1) is 12.7 Å². The number of sulfone groups is 1. The van der Waals surface area contributed by atoms with E-state index in [0.29, 0.717) is 17.3 Å². The number of hydrogen-bond donors (Lipinski definition) is 0. The van der Waals surface area contributed by atoms with E-state index in [0.717, 1.165) is 17.3 Å². The summed E-state index contributed by atoms with van der Waals surface area (Å²) < 4.78 is 40.2. The minimum absolute atomic E-state index is 0.0611. The Morgan fingerprint density at radius 1 is 1.13 bits per heavy atom. The Morgan fingerprint density at radius 2 is 1.80 bits per heavy atom. The molecule has 6 nitrogen and oxygen atoms in total. The van der Waals surface area contributed by atoms with Crippen LogP contribution in [0.1, 0.15) is 21.7 Å². The second-order valence-corrected chi connectivity index (χ2v) is 9.52. The second kappa shape index (κ2) is 9.36. The van der Waals surface area contributed by atoms with Gasteiger partial charge in [0, 0.05) is 12.1 Å². The first-order chi connectivity index (χ1) is 14.3. The van der Waals surface area contributed by atoms with Crippen molar-refractivity contribution in [3.05, 3.63) is 84.0 Å². The number of allylic oxidation sites excluding steroid dienone is 1. The minimum Gasteiger partial charge on any atom is -0.301 e. The first-order valence-electron chi connectivity index (χ1n) is 9.04. The summed E-state index contributed by atoms with van der Waals surface area (Å²) in [6.45, 7) is 5.88. The van der Waals surface area contributed by atoms with E-state index in [1.165, 1.54) is 24.3 Å². The maximum absolute atomic E-state index is 13.0. The molecule has 0 fully saturated rings. The molecule has 156 valence electrons. The van der Waals surface area contributed by atoms with E-state index in [2.05, 4.69) is 16.8 Å². The monoisotopic (exact) mass is 445 g/mol. The Morgan fingerprint density at radius 3 is 2.43 bits per heavy atom. The van der Waals surface area contributed by atoms with Crippen molar-refractivity contribution in [1.29, 1.82) is 0 Å². The summed E-state index contributed by atoms with van der Waals surface area (Å²) in [5, 5.41) is 8.50. The fraction of sp³-hybridized carbons (Fsp3) is 0.190. The van der Waals surface area contributed by atoms with Crippen LogP contribution in [0.25, 0.3) is 0 Å².